The van der Waals surface area contributed by atoms with Crippen molar-refractivity contribution in [1.29, 1.82) is 0 Å². The van der Waals surface area contributed by atoms with Crippen LogP contribution in [0.25, 0.3) is 11.4 Å². The lowest BCUT2D eigenvalue weighted by atomic mass is 9.53. The zero-order chi connectivity index (χ0) is 18.3. The van der Waals surface area contributed by atoms with Crippen molar-refractivity contribution in [3.05, 3.63) is 36.7 Å². The van der Waals surface area contributed by atoms with Crippen molar-refractivity contribution in [2.45, 2.75) is 50.6 Å². The smallest absolute Gasteiger partial charge is 0.315 e. The maximum absolute atomic E-state index is 12.5. The lowest BCUT2D eigenvalue weighted by Gasteiger charge is -2.56. The molecule has 0 aromatic carbocycles. The van der Waals surface area contributed by atoms with Crippen LogP contribution in [0.5, 0.6) is 0 Å². The van der Waals surface area contributed by atoms with Crippen LogP contribution in [0.4, 0.5) is 4.79 Å². The first kappa shape index (κ1) is 16.8. The van der Waals surface area contributed by atoms with Gasteiger partial charge in [-0.1, -0.05) is 6.07 Å². The molecule has 0 saturated heterocycles. The summed E-state index contributed by atoms with van der Waals surface area (Å²) in [4.78, 5) is 16.8. The second-order valence-corrected chi connectivity index (χ2v) is 8.76. The Morgan fingerprint density at radius 1 is 1.07 bits per heavy atom. The van der Waals surface area contributed by atoms with Gasteiger partial charge in [-0.3, -0.25) is 9.67 Å². The molecule has 4 aliphatic carbocycles. The fraction of sp³-hybridized carbons (Fsp3) is 0.571. The van der Waals surface area contributed by atoms with Crippen molar-refractivity contribution in [2.24, 2.45) is 17.8 Å². The summed E-state index contributed by atoms with van der Waals surface area (Å²) in [7, 11) is 0. The van der Waals surface area contributed by atoms with Crippen molar-refractivity contribution in [3.8, 4) is 11.4 Å². The van der Waals surface area contributed by atoms with Crippen LogP contribution in [0.15, 0.2) is 36.7 Å². The number of carbonyl (C=O) groups excluding carboxylic acids is 1. The average Bonchev–Trinajstić information content (AvgIpc) is 3.10. The summed E-state index contributed by atoms with van der Waals surface area (Å²) in [5, 5.41) is 10.9. The normalized spacial score (nSPS) is 31.0. The highest BCUT2D eigenvalue weighted by Crippen LogP contribution is 2.55. The molecule has 2 aromatic heterocycles. The number of rotatable bonds is 5. The Morgan fingerprint density at radius 3 is 2.48 bits per heavy atom. The Balaban J connectivity index is 1.13. The van der Waals surface area contributed by atoms with Crippen LogP contribution in [0.3, 0.4) is 0 Å². The van der Waals surface area contributed by atoms with Crippen LogP contribution in [0.2, 0.25) is 0 Å². The van der Waals surface area contributed by atoms with E-state index in [9.17, 15) is 4.79 Å². The van der Waals surface area contributed by atoms with Gasteiger partial charge in [0.05, 0.1) is 12.2 Å². The Kier molecular flexibility index (Phi) is 4.14. The van der Waals surface area contributed by atoms with E-state index in [0.29, 0.717) is 13.1 Å². The number of hydrogen-bond donors (Lipinski definition) is 2. The van der Waals surface area contributed by atoms with Gasteiger partial charge in [0, 0.05) is 24.5 Å². The molecule has 2 aromatic rings. The minimum Gasteiger partial charge on any atom is -0.336 e. The number of nitrogens with one attached hydrogen (secondary N) is 2. The topological polar surface area (TPSA) is 71.8 Å². The summed E-state index contributed by atoms with van der Waals surface area (Å²) in [6, 6.07) is 7.74. The van der Waals surface area contributed by atoms with Crippen molar-refractivity contribution < 1.29 is 4.79 Å². The number of nitrogens with zero attached hydrogens (tertiary/aromatic N) is 3. The van der Waals surface area contributed by atoms with Crippen molar-refractivity contribution in [1.82, 2.24) is 25.4 Å². The number of aromatic nitrogens is 3. The van der Waals surface area contributed by atoms with E-state index >= 15 is 0 Å². The van der Waals surface area contributed by atoms with Gasteiger partial charge in [0.2, 0.25) is 0 Å². The monoisotopic (exact) mass is 365 g/mol. The third-order valence-corrected chi connectivity index (χ3v) is 6.61. The van der Waals surface area contributed by atoms with Gasteiger partial charge < -0.3 is 10.6 Å². The van der Waals surface area contributed by atoms with E-state index in [1.807, 2.05) is 35.1 Å². The predicted octanol–water partition coefficient (Wildman–Crippen LogP) is 3.21. The maximum atomic E-state index is 12.5. The zero-order valence-electron chi connectivity index (χ0n) is 15.6. The Bertz CT molecular complexity index is 780. The molecule has 4 saturated carbocycles. The van der Waals surface area contributed by atoms with E-state index in [1.165, 1.54) is 38.5 Å². The van der Waals surface area contributed by atoms with E-state index in [-0.39, 0.29) is 11.6 Å². The van der Waals surface area contributed by atoms with E-state index in [2.05, 4.69) is 20.7 Å². The standard InChI is InChI=1S/C21H27N5O/c27-20(24-21-12-15-9-16(13-21)11-17(10-15)14-21)23-6-8-26-7-4-19(25-26)18-3-1-2-5-22-18/h1-5,7,15-17H,6,8-14H2,(H2,23,24,27). The minimum absolute atomic E-state index is 0.0194. The molecular weight excluding hydrogens is 338 g/mol. The first-order chi connectivity index (χ1) is 13.2. The van der Waals surface area contributed by atoms with E-state index < -0.39 is 0 Å². The SMILES string of the molecule is O=C(NCCn1ccc(-c2ccccn2)n1)NC12CC3CC(CC(C3)C1)C2. The van der Waals surface area contributed by atoms with Crippen LogP contribution in [-0.2, 0) is 6.54 Å². The van der Waals surface area contributed by atoms with Crippen LogP contribution in [0, 0.1) is 17.8 Å². The lowest BCUT2D eigenvalue weighted by Crippen LogP contribution is -2.61. The molecule has 2 heterocycles. The molecule has 0 aliphatic heterocycles. The molecule has 6 nitrogen and oxygen atoms in total. The van der Waals surface area contributed by atoms with E-state index in [1.54, 1.807) is 6.20 Å². The van der Waals surface area contributed by atoms with Crippen LogP contribution in [-0.4, -0.2) is 32.9 Å². The Morgan fingerprint density at radius 2 is 1.81 bits per heavy atom. The zero-order valence-corrected chi connectivity index (χ0v) is 15.6. The number of pyridine rings is 1. The largest absolute Gasteiger partial charge is 0.336 e. The second kappa shape index (κ2) is 6.66. The lowest BCUT2D eigenvalue weighted by molar-refractivity contribution is -0.0135. The van der Waals surface area contributed by atoms with Gasteiger partial charge in [-0.15, -0.1) is 0 Å². The number of amides is 2. The molecule has 6 rings (SSSR count). The van der Waals surface area contributed by atoms with Gasteiger partial charge in [0.1, 0.15) is 5.69 Å². The quantitative estimate of drug-likeness (QED) is 0.855. The number of hydrogen-bond acceptors (Lipinski definition) is 3. The van der Waals surface area contributed by atoms with Crippen molar-refractivity contribution in [3.63, 3.8) is 0 Å². The first-order valence-corrected chi connectivity index (χ1v) is 10.2. The number of urea groups is 1. The van der Waals surface area contributed by atoms with Crippen LogP contribution >= 0.6 is 0 Å². The molecule has 6 heteroatoms. The molecule has 2 amide bonds. The molecule has 4 fully saturated rings. The van der Waals surface area contributed by atoms with Gasteiger partial charge in [-0.25, -0.2) is 4.79 Å². The van der Waals surface area contributed by atoms with Gasteiger partial charge >= 0.3 is 6.03 Å². The van der Waals surface area contributed by atoms with Crippen LogP contribution < -0.4 is 10.6 Å². The second-order valence-electron chi connectivity index (χ2n) is 8.76. The summed E-state index contributed by atoms with van der Waals surface area (Å²) < 4.78 is 1.86. The highest BCUT2D eigenvalue weighted by atomic mass is 16.2. The Hall–Kier alpha value is -2.37. The summed E-state index contributed by atoms with van der Waals surface area (Å²) in [6.07, 6.45) is 11.4. The van der Waals surface area contributed by atoms with Crippen LogP contribution in [0.1, 0.15) is 38.5 Å². The molecule has 0 spiro atoms. The first-order valence-electron chi connectivity index (χ1n) is 10.2. The third-order valence-electron chi connectivity index (χ3n) is 6.61. The minimum atomic E-state index is -0.0194. The molecular formula is C21H27N5O. The molecule has 4 bridgehead atoms. The van der Waals surface area contributed by atoms with Gasteiger partial charge in [0.25, 0.3) is 0 Å². The van der Waals surface area contributed by atoms with E-state index in [0.717, 1.165) is 29.1 Å². The average molecular weight is 365 g/mol. The molecule has 4 aliphatic rings. The fourth-order valence-corrected chi connectivity index (χ4v) is 5.97. The Labute approximate surface area is 159 Å². The number of carbonyl (C=O) groups is 1. The van der Waals surface area contributed by atoms with Gasteiger partial charge in [-0.2, -0.15) is 5.10 Å². The molecule has 27 heavy (non-hydrogen) atoms. The highest BCUT2D eigenvalue weighted by molar-refractivity contribution is 5.74. The summed E-state index contributed by atoms with van der Waals surface area (Å²) in [6.45, 7) is 1.22. The molecule has 142 valence electrons. The molecule has 2 N–H and O–H groups in total. The molecule has 0 unspecified atom stereocenters. The molecule has 0 radical (unpaired) electrons. The fourth-order valence-electron chi connectivity index (χ4n) is 5.97. The summed E-state index contributed by atoms with van der Waals surface area (Å²) >= 11 is 0. The van der Waals surface area contributed by atoms with E-state index in [4.69, 9.17) is 0 Å². The maximum Gasteiger partial charge on any atom is 0.315 e. The summed E-state index contributed by atoms with van der Waals surface area (Å²) in [5.41, 5.74) is 1.79. The van der Waals surface area contributed by atoms with Crippen molar-refractivity contribution >= 4 is 6.03 Å². The summed E-state index contributed by atoms with van der Waals surface area (Å²) in [5.74, 6) is 2.52. The van der Waals surface area contributed by atoms with Crippen molar-refractivity contribution in [2.75, 3.05) is 6.54 Å². The predicted molar refractivity (Wildman–Crippen MR) is 103 cm³/mol. The molecule has 0 atom stereocenters. The van der Waals surface area contributed by atoms with Gasteiger partial charge in [0.15, 0.2) is 0 Å². The third kappa shape index (κ3) is 3.45. The highest BCUT2D eigenvalue weighted by Gasteiger charge is 2.51. The van der Waals surface area contributed by atoms with Gasteiger partial charge in [-0.05, 0) is 74.5 Å².